The van der Waals surface area contributed by atoms with Crippen LogP contribution in [0.15, 0.2) is 84.9 Å². The number of fused-ring (bicyclic) bond motifs is 2. The van der Waals surface area contributed by atoms with E-state index in [0.717, 1.165) is 98.4 Å². The summed E-state index contributed by atoms with van der Waals surface area (Å²) in [6.45, 7) is 5.72. The molecule has 4 aromatic carbocycles. The predicted octanol–water partition coefficient (Wildman–Crippen LogP) is 7.34. The third-order valence-electron chi connectivity index (χ3n) is 12.4. The number of aromatic hydroxyl groups is 2. The van der Waals surface area contributed by atoms with Gasteiger partial charge >= 0.3 is 12.4 Å². The van der Waals surface area contributed by atoms with E-state index in [1.165, 1.54) is 24.3 Å². The number of nitrogens with zero attached hydrogens (tertiary/aromatic N) is 2. The van der Waals surface area contributed by atoms with Gasteiger partial charge < -0.3 is 25.5 Å². The molecule has 4 aliphatic rings. The normalized spacial score (nSPS) is 21.0. The van der Waals surface area contributed by atoms with Crippen LogP contribution in [0, 0.1) is 0 Å². The van der Waals surface area contributed by atoms with Crippen molar-refractivity contribution in [3.63, 3.8) is 0 Å². The van der Waals surface area contributed by atoms with Crippen molar-refractivity contribution in [3.05, 3.63) is 129 Å². The average molecular weight is 928 g/mol. The zero-order valence-corrected chi connectivity index (χ0v) is 36.2. The largest absolute Gasteiger partial charge is 0.508 e. The Labute approximate surface area is 375 Å². The molecule has 17 heteroatoms. The lowest BCUT2D eigenvalue weighted by molar-refractivity contribution is -0.138. The molecule has 8 rings (SSSR count). The average Bonchev–Trinajstić information content (AvgIpc) is 3.94. The molecule has 0 bridgehead atoms. The Kier molecular flexibility index (Phi) is 17.3. The lowest BCUT2D eigenvalue weighted by Gasteiger charge is -2.41. The van der Waals surface area contributed by atoms with E-state index in [-0.39, 0.29) is 66.2 Å². The Morgan fingerprint density at radius 2 is 0.889 bits per heavy atom. The molecule has 2 saturated heterocycles. The minimum absolute atomic E-state index is 0. The van der Waals surface area contributed by atoms with E-state index in [4.69, 9.17) is 0 Å². The van der Waals surface area contributed by atoms with Crippen molar-refractivity contribution < 1.29 is 51.6 Å². The van der Waals surface area contributed by atoms with Gasteiger partial charge in [0.15, 0.2) is 11.6 Å². The zero-order chi connectivity index (χ0) is 42.7. The van der Waals surface area contributed by atoms with E-state index < -0.39 is 34.6 Å². The molecule has 344 valence electrons. The lowest BCUT2D eigenvalue weighted by Crippen LogP contribution is -2.59. The molecule has 4 aromatic rings. The molecule has 0 saturated carbocycles. The number of phenolic OH excluding ortho intramolecular Hbond substituents is 2. The van der Waals surface area contributed by atoms with Gasteiger partial charge in [0.1, 0.15) is 22.6 Å². The monoisotopic (exact) mass is 926 g/mol. The van der Waals surface area contributed by atoms with Crippen molar-refractivity contribution >= 4 is 36.4 Å². The van der Waals surface area contributed by atoms with Crippen LogP contribution < -0.4 is 10.6 Å². The number of alkyl halides is 6. The third-order valence-corrected chi connectivity index (χ3v) is 12.4. The number of halogens is 8. The standard InChI is InChI=1S/2C23H25F3N2O2.2ClH.H2O/c2*24-23(25,26)17-8-6-16(7-9-17)14-21(30)22(15-28-12-1-2-13-28)19-4-3-5-20(29)18(19)10-11-27-22;;;/h2*3-9,27,29H,1-2,10-15H2;2*1H;1H2. The first-order chi connectivity index (χ1) is 28.6. The number of likely N-dealkylation sites (tertiary alicyclic amines) is 2. The lowest BCUT2D eigenvalue weighted by atomic mass is 9.76. The van der Waals surface area contributed by atoms with E-state index in [2.05, 4.69) is 20.4 Å². The Balaban J connectivity index is 0.000000264. The number of carbonyl (C=O) groups is 2. The number of phenols is 2. The van der Waals surface area contributed by atoms with Gasteiger partial charge in [-0.3, -0.25) is 20.2 Å². The van der Waals surface area contributed by atoms with Crippen molar-refractivity contribution in [3.8, 4) is 11.5 Å². The number of carbonyl (C=O) groups excluding carboxylic acids is 2. The van der Waals surface area contributed by atoms with E-state index in [1.807, 2.05) is 12.1 Å². The highest BCUT2D eigenvalue weighted by Gasteiger charge is 2.46. The second kappa shape index (κ2) is 21.2. The van der Waals surface area contributed by atoms with Gasteiger partial charge in [-0.1, -0.05) is 48.5 Å². The molecule has 0 amide bonds. The van der Waals surface area contributed by atoms with Crippen LogP contribution in [0.3, 0.4) is 0 Å². The molecule has 2 fully saturated rings. The fourth-order valence-electron chi connectivity index (χ4n) is 9.27. The summed E-state index contributed by atoms with van der Waals surface area (Å²) >= 11 is 0. The number of hydrogen-bond acceptors (Lipinski definition) is 8. The van der Waals surface area contributed by atoms with E-state index in [0.29, 0.717) is 50.1 Å². The quantitative estimate of drug-likeness (QED) is 0.122. The molecule has 2 unspecified atom stereocenters. The molecule has 0 aliphatic carbocycles. The SMILES string of the molecule is Cl.Cl.O.O=C(Cc1ccc(C(F)(F)F)cc1)C1(CN2CCCC2)NCCc2c(O)cccc21.O=C(Cc1ccc(C(F)(F)F)cc1)C1(CN2CCCC2)NCCc2c(O)cccc21. The molecular formula is C46H54Cl2F6N4O5. The highest BCUT2D eigenvalue weighted by atomic mass is 35.5. The number of benzene rings is 4. The molecule has 4 heterocycles. The molecule has 0 aromatic heterocycles. The minimum Gasteiger partial charge on any atom is -0.508 e. The number of Topliss-reactive ketones (excluding diaryl/α,β-unsaturated/α-hetero) is 2. The topological polar surface area (TPSA) is 137 Å². The summed E-state index contributed by atoms with van der Waals surface area (Å²) in [5.74, 6) is 0.172. The van der Waals surface area contributed by atoms with Gasteiger partial charge in [0.05, 0.1) is 11.1 Å². The van der Waals surface area contributed by atoms with Crippen molar-refractivity contribution in [2.75, 3.05) is 52.4 Å². The van der Waals surface area contributed by atoms with Crippen molar-refractivity contribution in [1.29, 1.82) is 0 Å². The maximum absolute atomic E-state index is 13.6. The molecule has 2 atom stereocenters. The summed E-state index contributed by atoms with van der Waals surface area (Å²) in [5.41, 5.74) is 0.764. The highest BCUT2D eigenvalue weighted by molar-refractivity contribution is 5.93. The summed E-state index contributed by atoms with van der Waals surface area (Å²) in [4.78, 5) is 31.8. The number of rotatable bonds is 10. The third kappa shape index (κ3) is 11.4. The first kappa shape index (κ1) is 51.4. The Morgan fingerprint density at radius 3 is 1.21 bits per heavy atom. The number of hydrogen-bond donors (Lipinski definition) is 4. The van der Waals surface area contributed by atoms with E-state index >= 15 is 0 Å². The first-order valence-corrected chi connectivity index (χ1v) is 20.6. The summed E-state index contributed by atoms with van der Waals surface area (Å²) in [6.07, 6.45) is -3.20. The van der Waals surface area contributed by atoms with Crippen LogP contribution in [-0.4, -0.2) is 89.4 Å². The van der Waals surface area contributed by atoms with Crippen molar-refractivity contribution in [2.24, 2.45) is 0 Å². The second-order valence-electron chi connectivity index (χ2n) is 16.3. The number of nitrogens with one attached hydrogen (secondary N) is 2. The number of ketones is 2. The van der Waals surface area contributed by atoms with Gasteiger partial charge in [-0.25, -0.2) is 0 Å². The smallest absolute Gasteiger partial charge is 0.416 e. The van der Waals surface area contributed by atoms with Gasteiger partial charge in [0.25, 0.3) is 0 Å². The molecule has 9 nitrogen and oxygen atoms in total. The van der Waals surface area contributed by atoms with Crippen LogP contribution in [0.1, 0.15) is 70.2 Å². The van der Waals surface area contributed by atoms with Gasteiger partial charge in [-0.2, -0.15) is 26.3 Å². The zero-order valence-electron chi connectivity index (χ0n) is 34.6. The first-order valence-electron chi connectivity index (χ1n) is 20.6. The van der Waals surface area contributed by atoms with Crippen molar-refractivity contribution in [2.45, 2.75) is 74.8 Å². The van der Waals surface area contributed by atoms with Crippen LogP contribution in [0.2, 0.25) is 0 Å². The van der Waals surface area contributed by atoms with Gasteiger partial charge in [0, 0.05) is 50.1 Å². The Morgan fingerprint density at radius 1 is 0.556 bits per heavy atom. The fourth-order valence-corrected chi connectivity index (χ4v) is 9.27. The Hall–Kier alpha value is -4.22. The van der Waals surface area contributed by atoms with Crippen LogP contribution in [0.4, 0.5) is 26.3 Å². The fraction of sp³-hybridized carbons (Fsp3) is 0.435. The van der Waals surface area contributed by atoms with Crippen LogP contribution in [0.5, 0.6) is 11.5 Å². The van der Waals surface area contributed by atoms with Crippen LogP contribution in [0.25, 0.3) is 0 Å². The predicted molar refractivity (Wildman–Crippen MR) is 233 cm³/mol. The van der Waals surface area contributed by atoms with E-state index in [1.54, 1.807) is 24.3 Å². The second-order valence-corrected chi connectivity index (χ2v) is 16.3. The Bertz CT molecular complexity index is 2010. The highest BCUT2D eigenvalue weighted by Crippen LogP contribution is 2.39. The summed E-state index contributed by atoms with van der Waals surface area (Å²) in [6, 6.07) is 20.1. The molecule has 4 aliphatic heterocycles. The molecular weight excluding hydrogens is 873 g/mol. The van der Waals surface area contributed by atoms with Crippen molar-refractivity contribution in [1.82, 2.24) is 20.4 Å². The molecule has 0 radical (unpaired) electrons. The van der Waals surface area contributed by atoms with Gasteiger partial charge in [0.2, 0.25) is 0 Å². The maximum atomic E-state index is 13.6. The molecule has 6 N–H and O–H groups in total. The van der Waals surface area contributed by atoms with Gasteiger partial charge in [-0.05, 0) is 123 Å². The van der Waals surface area contributed by atoms with Crippen LogP contribution >= 0.6 is 24.8 Å². The molecule has 63 heavy (non-hydrogen) atoms. The minimum atomic E-state index is -4.40. The summed E-state index contributed by atoms with van der Waals surface area (Å²) in [7, 11) is 0. The van der Waals surface area contributed by atoms with Crippen LogP contribution in [-0.2, 0) is 58.7 Å². The van der Waals surface area contributed by atoms with Gasteiger partial charge in [-0.15, -0.1) is 24.8 Å². The van der Waals surface area contributed by atoms with E-state index in [9.17, 15) is 46.1 Å². The molecule has 0 spiro atoms. The maximum Gasteiger partial charge on any atom is 0.416 e. The summed E-state index contributed by atoms with van der Waals surface area (Å²) < 4.78 is 77.1. The summed E-state index contributed by atoms with van der Waals surface area (Å²) in [5, 5.41) is 27.6.